The average molecular weight is 314 g/mol. The lowest BCUT2D eigenvalue weighted by Gasteiger charge is -2.12. The van der Waals surface area contributed by atoms with Gasteiger partial charge in [0.15, 0.2) is 0 Å². The summed E-state index contributed by atoms with van der Waals surface area (Å²) in [5, 5.41) is 4.54. The van der Waals surface area contributed by atoms with Crippen LogP contribution in [-0.2, 0) is 0 Å². The summed E-state index contributed by atoms with van der Waals surface area (Å²) in [6.07, 6.45) is 0. The van der Waals surface area contributed by atoms with Crippen LogP contribution < -0.4 is 22.3 Å². The Hall–Kier alpha value is -3.40. The standard InChI is InChI=1S/C20H18N4/c21-17-6-2-15-11-19(8-4-14(15)9-17)23-24-20-7-3-13-1-5-18(22)10-16(13)12-20/h1-12,23-24H,21-22H2. The van der Waals surface area contributed by atoms with Crippen molar-refractivity contribution in [1.29, 1.82) is 0 Å². The van der Waals surface area contributed by atoms with Gasteiger partial charge in [0, 0.05) is 11.4 Å². The van der Waals surface area contributed by atoms with Gasteiger partial charge in [0.1, 0.15) is 0 Å². The number of hydrogen-bond acceptors (Lipinski definition) is 4. The number of hydrazine groups is 1. The van der Waals surface area contributed by atoms with E-state index >= 15 is 0 Å². The summed E-state index contributed by atoms with van der Waals surface area (Å²) in [7, 11) is 0. The van der Waals surface area contributed by atoms with Crippen LogP contribution in [0.5, 0.6) is 0 Å². The highest BCUT2D eigenvalue weighted by Gasteiger charge is 1.99. The van der Waals surface area contributed by atoms with E-state index in [-0.39, 0.29) is 0 Å². The molecule has 6 N–H and O–H groups in total. The molecule has 4 aromatic rings. The zero-order chi connectivity index (χ0) is 16.5. The van der Waals surface area contributed by atoms with Gasteiger partial charge in [-0.15, -0.1) is 0 Å². The molecule has 0 bridgehead atoms. The maximum Gasteiger partial charge on any atom is 0.0546 e. The predicted molar refractivity (Wildman–Crippen MR) is 104 cm³/mol. The molecule has 4 rings (SSSR count). The van der Waals surface area contributed by atoms with Crippen LogP contribution in [0.15, 0.2) is 72.8 Å². The van der Waals surface area contributed by atoms with Gasteiger partial charge in [-0.2, -0.15) is 0 Å². The van der Waals surface area contributed by atoms with Crippen molar-refractivity contribution >= 4 is 44.3 Å². The molecule has 0 fully saturated rings. The summed E-state index contributed by atoms with van der Waals surface area (Å²) < 4.78 is 0. The largest absolute Gasteiger partial charge is 0.399 e. The van der Waals surface area contributed by atoms with Crippen LogP contribution in [0.3, 0.4) is 0 Å². The van der Waals surface area contributed by atoms with Gasteiger partial charge in [0.05, 0.1) is 11.4 Å². The molecule has 4 nitrogen and oxygen atoms in total. The molecule has 0 aliphatic rings. The predicted octanol–water partition coefficient (Wildman–Crippen LogP) is 4.60. The number of nitrogen functional groups attached to an aromatic ring is 2. The van der Waals surface area contributed by atoms with E-state index in [2.05, 4.69) is 35.1 Å². The molecule has 0 saturated heterocycles. The molecular weight excluding hydrogens is 296 g/mol. The van der Waals surface area contributed by atoms with Crippen molar-refractivity contribution < 1.29 is 0 Å². The van der Waals surface area contributed by atoms with Crippen molar-refractivity contribution in [2.45, 2.75) is 0 Å². The van der Waals surface area contributed by atoms with Gasteiger partial charge in [-0.25, -0.2) is 0 Å². The Morgan fingerprint density at radius 2 is 0.917 bits per heavy atom. The fraction of sp³-hybridized carbons (Fsp3) is 0. The fourth-order valence-corrected chi connectivity index (χ4v) is 2.83. The molecule has 0 spiro atoms. The Morgan fingerprint density at radius 3 is 1.62 bits per heavy atom. The number of nitrogens with one attached hydrogen (secondary N) is 2. The van der Waals surface area contributed by atoms with Crippen molar-refractivity contribution in [1.82, 2.24) is 0 Å². The molecule has 0 aliphatic carbocycles. The van der Waals surface area contributed by atoms with E-state index in [9.17, 15) is 0 Å². The second-order valence-corrected chi connectivity index (χ2v) is 5.89. The van der Waals surface area contributed by atoms with E-state index < -0.39 is 0 Å². The highest BCUT2D eigenvalue weighted by atomic mass is 15.4. The van der Waals surface area contributed by atoms with Crippen molar-refractivity contribution in [2.24, 2.45) is 0 Å². The lowest BCUT2D eigenvalue weighted by molar-refractivity contribution is 1.43. The monoisotopic (exact) mass is 314 g/mol. The van der Waals surface area contributed by atoms with Crippen LogP contribution in [0.1, 0.15) is 0 Å². The zero-order valence-electron chi connectivity index (χ0n) is 13.1. The number of nitrogens with two attached hydrogens (primary N) is 2. The van der Waals surface area contributed by atoms with Gasteiger partial charge in [-0.05, 0) is 70.1 Å². The van der Waals surface area contributed by atoms with Gasteiger partial charge >= 0.3 is 0 Å². The van der Waals surface area contributed by atoms with E-state index in [0.29, 0.717) is 0 Å². The fourth-order valence-electron chi connectivity index (χ4n) is 2.83. The maximum absolute atomic E-state index is 5.86. The molecule has 0 heterocycles. The zero-order valence-corrected chi connectivity index (χ0v) is 13.1. The third kappa shape index (κ3) is 2.77. The summed E-state index contributed by atoms with van der Waals surface area (Å²) in [6, 6.07) is 24.1. The van der Waals surface area contributed by atoms with Gasteiger partial charge in [-0.1, -0.05) is 24.3 Å². The van der Waals surface area contributed by atoms with E-state index in [0.717, 1.165) is 44.3 Å². The molecule has 24 heavy (non-hydrogen) atoms. The normalized spacial score (nSPS) is 10.8. The maximum atomic E-state index is 5.86. The third-order valence-corrected chi connectivity index (χ3v) is 4.08. The van der Waals surface area contributed by atoms with Crippen molar-refractivity contribution in [2.75, 3.05) is 22.3 Å². The Morgan fingerprint density at radius 1 is 0.458 bits per heavy atom. The molecule has 0 unspecified atom stereocenters. The highest BCUT2D eigenvalue weighted by molar-refractivity contribution is 5.89. The smallest absolute Gasteiger partial charge is 0.0546 e. The second-order valence-electron chi connectivity index (χ2n) is 5.89. The second kappa shape index (κ2) is 5.66. The van der Waals surface area contributed by atoms with Crippen LogP contribution in [0, 0.1) is 0 Å². The Kier molecular flexibility index (Phi) is 3.35. The lowest BCUT2D eigenvalue weighted by Crippen LogP contribution is -2.08. The average Bonchev–Trinajstić information content (AvgIpc) is 2.59. The molecule has 0 aliphatic heterocycles. The molecular formula is C20H18N4. The van der Waals surface area contributed by atoms with Crippen molar-refractivity contribution in [3.63, 3.8) is 0 Å². The first-order valence-electron chi connectivity index (χ1n) is 7.78. The molecule has 0 radical (unpaired) electrons. The molecule has 4 aromatic carbocycles. The molecule has 0 aromatic heterocycles. The summed E-state index contributed by atoms with van der Waals surface area (Å²) in [4.78, 5) is 0. The number of anilines is 4. The minimum absolute atomic E-state index is 0.765. The lowest BCUT2D eigenvalue weighted by atomic mass is 10.1. The third-order valence-electron chi connectivity index (χ3n) is 4.08. The minimum Gasteiger partial charge on any atom is -0.399 e. The van der Waals surface area contributed by atoms with Gasteiger partial charge in [0.25, 0.3) is 0 Å². The van der Waals surface area contributed by atoms with Crippen molar-refractivity contribution in [3.05, 3.63) is 72.8 Å². The summed E-state index contributed by atoms with van der Waals surface area (Å²) in [6.45, 7) is 0. The van der Waals surface area contributed by atoms with E-state index in [1.165, 1.54) is 0 Å². The first-order chi connectivity index (χ1) is 11.7. The Balaban J connectivity index is 1.57. The first-order valence-corrected chi connectivity index (χ1v) is 7.78. The number of fused-ring (bicyclic) bond motifs is 2. The number of hydrogen-bond donors (Lipinski definition) is 4. The molecule has 118 valence electrons. The molecule has 0 saturated carbocycles. The van der Waals surface area contributed by atoms with Crippen LogP contribution >= 0.6 is 0 Å². The van der Waals surface area contributed by atoms with Gasteiger partial charge in [0.2, 0.25) is 0 Å². The topological polar surface area (TPSA) is 76.1 Å². The number of benzene rings is 4. The first kappa shape index (κ1) is 14.2. The van der Waals surface area contributed by atoms with Crippen LogP contribution in [0.25, 0.3) is 21.5 Å². The Bertz CT molecular complexity index is 1040. The molecule has 0 amide bonds. The summed E-state index contributed by atoms with van der Waals surface area (Å²) in [5.74, 6) is 0. The quantitative estimate of drug-likeness (QED) is 0.329. The van der Waals surface area contributed by atoms with E-state index in [1.807, 2.05) is 48.5 Å². The SMILES string of the molecule is Nc1ccc2cc(NNc3ccc4ccc(N)cc4c3)ccc2c1. The highest BCUT2D eigenvalue weighted by Crippen LogP contribution is 2.24. The minimum atomic E-state index is 0.765. The van der Waals surface area contributed by atoms with Crippen LogP contribution in [0.2, 0.25) is 0 Å². The van der Waals surface area contributed by atoms with E-state index in [1.54, 1.807) is 0 Å². The van der Waals surface area contributed by atoms with Gasteiger partial charge in [-0.3, -0.25) is 0 Å². The number of rotatable bonds is 3. The van der Waals surface area contributed by atoms with E-state index in [4.69, 9.17) is 11.5 Å². The van der Waals surface area contributed by atoms with Gasteiger partial charge < -0.3 is 22.3 Å². The van der Waals surface area contributed by atoms with Crippen LogP contribution in [-0.4, -0.2) is 0 Å². The van der Waals surface area contributed by atoms with Crippen LogP contribution in [0.4, 0.5) is 22.7 Å². The van der Waals surface area contributed by atoms with Crippen molar-refractivity contribution in [3.8, 4) is 0 Å². The summed E-state index contributed by atoms with van der Waals surface area (Å²) >= 11 is 0. The Labute approximate surface area is 140 Å². The summed E-state index contributed by atoms with van der Waals surface area (Å²) in [5.41, 5.74) is 21.6. The molecule has 0 atom stereocenters. The molecule has 4 heteroatoms.